The predicted octanol–water partition coefficient (Wildman–Crippen LogP) is 2.31. The van der Waals surface area contributed by atoms with Crippen molar-refractivity contribution in [3.8, 4) is 0 Å². The van der Waals surface area contributed by atoms with Crippen LogP contribution in [0, 0.1) is 0 Å². The highest BCUT2D eigenvalue weighted by Crippen LogP contribution is 2.00. The van der Waals surface area contributed by atoms with Gasteiger partial charge < -0.3 is 4.74 Å². The third-order valence-electron chi connectivity index (χ3n) is 1.43. The molecule has 0 saturated heterocycles. The van der Waals surface area contributed by atoms with E-state index in [1.54, 1.807) is 0 Å². The summed E-state index contributed by atoms with van der Waals surface area (Å²) in [6, 6.07) is 0. The van der Waals surface area contributed by atoms with Crippen molar-refractivity contribution in [2.75, 3.05) is 13.3 Å². The van der Waals surface area contributed by atoms with Crippen molar-refractivity contribution in [3.05, 3.63) is 0 Å². The first-order valence-electron chi connectivity index (χ1n) is 4.14. The zero-order chi connectivity index (χ0) is 8.53. The van der Waals surface area contributed by atoms with Gasteiger partial charge in [0.15, 0.2) is 0 Å². The number of halogens is 1. The largest absolute Gasteiger partial charge is 0.348 e. The molecule has 0 aromatic carbocycles. The lowest BCUT2D eigenvalue weighted by atomic mass is 10.2. The van der Waals surface area contributed by atoms with Gasteiger partial charge in [0.1, 0.15) is 6.67 Å². The van der Waals surface area contributed by atoms with Gasteiger partial charge in [-0.3, -0.25) is 0 Å². The Labute approximate surface area is 67.4 Å². The Morgan fingerprint density at radius 1 is 1.36 bits per heavy atom. The Bertz CT molecular complexity index is 78.5. The minimum absolute atomic E-state index is 0.401. The molecular formula is C8H16FO2. The first-order valence-corrected chi connectivity index (χ1v) is 4.14. The van der Waals surface area contributed by atoms with Crippen molar-refractivity contribution < 1.29 is 14.2 Å². The minimum Gasteiger partial charge on any atom is -0.348 e. The van der Waals surface area contributed by atoms with E-state index in [4.69, 9.17) is 0 Å². The molecule has 0 aliphatic heterocycles. The van der Waals surface area contributed by atoms with Crippen molar-refractivity contribution in [1.82, 2.24) is 0 Å². The maximum absolute atomic E-state index is 11.5. The number of ether oxygens (including phenoxy) is 1. The summed E-state index contributed by atoms with van der Waals surface area (Å²) >= 11 is 0. The van der Waals surface area contributed by atoms with Crippen LogP contribution in [0.15, 0.2) is 0 Å². The van der Waals surface area contributed by atoms with Crippen LogP contribution in [0.4, 0.5) is 4.39 Å². The van der Waals surface area contributed by atoms with Gasteiger partial charge in [0.2, 0.25) is 6.29 Å². The summed E-state index contributed by atoms with van der Waals surface area (Å²) in [6.07, 6.45) is 2.78. The van der Waals surface area contributed by atoms with Crippen LogP contribution in [0.1, 0.15) is 32.6 Å². The van der Waals surface area contributed by atoms with Crippen LogP contribution in [0.2, 0.25) is 0 Å². The van der Waals surface area contributed by atoms with E-state index in [0.29, 0.717) is 6.61 Å². The molecule has 0 fully saturated rings. The van der Waals surface area contributed by atoms with Gasteiger partial charge in [-0.25, -0.2) is 4.39 Å². The molecule has 0 amide bonds. The first-order chi connectivity index (χ1) is 5.31. The molecule has 3 heteroatoms. The van der Waals surface area contributed by atoms with E-state index in [-0.39, 0.29) is 0 Å². The molecule has 2 nitrogen and oxygen atoms in total. The Kier molecular flexibility index (Phi) is 7.84. The van der Waals surface area contributed by atoms with Crippen molar-refractivity contribution in [2.24, 2.45) is 0 Å². The lowest BCUT2D eigenvalue weighted by molar-refractivity contribution is -0.149. The fourth-order valence-corrected chi connectivity index (χ4v) is 0.788. The van der Waals surface area contributed by atoms with Crippen LogP contribution in [-0.2, 0) is 9.84 Å². The van der Waals surface area contributed by atoms with E-state index in [9.17, 15) is 9.50 Å². The number of alkyl halides is 1. The van der Waals surface area contributed by atoms with E-state index in [0.717, 1.165) is 25.7 Å². The molecular weight excluding hydrogens is 147 g/mol. The van der Waals surface area contributed by atoms with Gasteiger partial charge >= 0.3 is 0 Å². The molecule has 0 aromatic heterocycles. The lowest BCUT2D eigenvalue weighted by Gasteiger charge is -2.04. The second-order valence-corrected chi connectivity index (χ2v) is 2.52. The Morgan fingerprint density at radius 2 is 2.09 bits per heavy atom. The number of rotatable bonds is 7. The van der Waals surface area contributed by atoms with Gasteiger partial charge in [0.25, 0.3) is 0 Å². The molecule has 1 radical (unpaired) electrons. The monoisotopic (exact) mass is 163 g/mol. The van der Waals surface area contributed by atoms with E-state index in [2.05, 4.69) is 11.7 Å². The summed E-state index contributed by atoms with van der Waals surface area (Å²) in [7, 11) is 0. The molecule has 67 valence electrons. The molecule has 0 saturated carbocycles. The maximum Gasteiger partial charge on any atom is 0.220 e. The van der Waals surface area contributed by atoms with Crippen molar-refractivity contribution in [1.29, 1.82) is 0 Å². The summed E-state index contributed by atoms with van der Waals surface area (Å²) in [5, 5.41) is 10.3. The zero-order valence-corrected chi connectivity index (χ0v) is 7.01. The van der Waals surface area contributed by atoms with Gasteiger partial charge in [-0.05, 0) is 6.42 Å². The predicted molar refractivity (Wildman–Crippen MR) is 40.5 cm³/mol. The molecule has 0 rings (SSSR count). The van der Waals surface area contributed by atoms with Crippen LogP contribution in [0.25, 0.3) is 0 Å². The molecule has 0 heterocycles. The molecule has 0 bridgehead atoms. The summed E-state index contributed by atoms with van der Waals surface area (Å²) < 4.78 is 16.1. The summed E-state index contributed by atoms with van der Waals surface area (Å²) in [4.78, 5) is 0. The summed E-state index contributed by atoms with van der Waals surface area (Å²) in [6.45, 7) is 1.59. The van der Waals surface area contributed by atoms with Gasteiger partial charge in [0, 0.05) is 6.61 Å². The minimum atomic E-state index is -1.46. The topological polar surface area (TPSA) is 29.1 Å². The lowest BCUT2D eigenvalue weighted by Crippen LogP contribution is -2.12. The Balaban J connectivity index is 2.89. The molecule has 0 aliphatic rings. The van der Waals surface area contributed by atoms with Crippen molar-refractivity contribution >= 4 is 0 Å². The Hall–Kier alpha value is -0.150. The average Bonchev–Trinajstić information content (AvgIpc) is 2.04. The van der Waals surface area contributed by atoms with Gasteiger partial charge in [0.05, 0.1) is 0 Å². The number of hydrogen-bond donors (Lipinski definition) is 0. The first kappa shape index (κ1) is 10.8. The van der Waals surface area contributed by atoms with Crippen LogP contribution >= 0.6 is 0 Å². The molecule has 1 unspecified atom stereocenters. The van der Waals surface area contributed by atoms with Crippen molar-refractivity contribution in [3.63, 3.8) is 0 Å². The van der Waals surface area contributed by atoms with Crippen LogP contribution < -0.4 is 0 Å². The maximum atomic E-state index is 11.5. The van der Waals surface area contributed by atoms with Gasteiger partial charge in [-0.15, -0.1) is 0 Å². The molecule has 0 aliphatic carbocycles. The number of unbranched alkanes of at least 4 members (excludes halogenated alkanes) is 3. The zero-order valence-electron chi connectivity index (χ0n) is 7.01. The van der Waals surface area contributed by atoms with Crippen LogP contribution in [-0.4, -0.2) is 19.6 Å². The molecule has 11 heavy (non-hydrogen) atoms. The van der Waals surface area contributed by atoms with E-state index in [1.807, 2.05) is 0 Å². The van der Waals surface area contributed by atoms with Gasteiger partial charge in [-0.1, -0.05) is 26.2 Å². The smallest absolute Gasteiger partial charge is 0.220 e. The van der Waals surface area contributed by atoms with Gasteiger partial charge in [-0.2, -0.15) is 5.11 Å². The standard InChI is InChI=1S/C8H16FO2/c1-2-3-4-5-6-11-8(10)7-9/h8H,2-7H2,1H3. The highest BCUT2D eigenvalue weighted by molar-refractivity contribution is 4.40. The van der Waals surface area contributed by atoms with E-state index < -0.39 is 13.0 Å². The highest BCUT2D eigenvalue weighted by Gasteiger charge is 2.02. The fraction of sp³-hybridized carbons (Fsp3) is 1.00. The van der Waals surface area contributed by atoms with Crippen LogP contribution in [0.5, 0.6) is 0 Å². The fourth-order valence-electron chi connectivity index (χ4n) is 0.788. The SMILES string of the molecule is CCCCCCOC([O])CF. The van der Waals surface area contributed by atoms with Crippen molar-refractivity contribution in [2.45, 2.75) is 38.9 Å². The molecule has 0 aromatic rings. The average molecular weight is 163 g/mol. The summed E-state index contributed by atoms with van der Waals surface area (Å²) in [5.41, 5.74) is 0. The Morgan fingerprint density at radius 3 is 2.64 bits per heavy atom. The second kappa shape index (κ2) is 7.95. The third kappa shape index (κ3) is 7.75. The van der Waals surface area contributed by atoms with Crippen LogP contribution in [0.3, 0.4) is 0 Å². The van der Waals surface area contributed by atoms with E-state index >= 15 is 0 Å². The molecule has 1 atom stereocenters. The normalized spacial score (nSPS) is 13.4. The third-order valence-corrected chi connectivity index (χ3v) is 1.43. The number of hydrogen-bond acceptors (Lipinski definition) is 1. The molecule has 0 spiro atoms. The highest BCUT2D eigenvalue weighted by atomic mass is 19.1. The summed E-state index contributed by atoms with van der Waals surface area (Å²) in [5.74, 6) is 0. The van der Waals surface area contributed by atoms with E-state index in [1.165, 1.54) is 0 Å². The quantitative estimate of drug-likeness (QED) is 0.418. The molecule has 0 N–H and O–H groups in total. The second-order valence-electron chi connectivity index (χ2n) is 2.52.